The standard InChI is InChI=1S/C10H12N2O2/c1-8(13)6-12-10(14)5-9-3-2-4-11-7-9/h2-4,7H,5-6H2,1H3,(H,12,14). The van der Waals surface area contributed by atoms with Crippen molar-refractivity contribution in [2.75, 3.05) is 6.54 Å². The number of Topliss-reactive ketones (excluding diaryl/α,β-unsaturated/α-hetero) is 1. The average molecular weight is 192 g/mol. The van der Waals surface area contributed by atoms with Gasteiger partial charge in [0, 0.05) is 12.4 Å². The number of aromatic nitrogens is 1. The van der Waals surface area contributed by atoms with Crippen molar-refractivity contribution in [3.05, 3.63) is 30.1 Å². The number of hydrogen-bond acceptors (Lipinski definition) is 3. The Labute approximate surface area is 82.3 Å². The van der Waals surface area contributed by atoms with Crippen LogP contribution in [0.1, 0.15) is 12.5 Å². The number of amides is 1. The van der Waals surface area contributed by atoms with Gasteiger partial charge in [-0.05, 0) is 18.6 Å². The number of rotatable bonds is 4. The number of hydrogen-bond donors (Lipinski definition) is 1. The largest absolute Gasteiger partial charge is 0.349 e. The maximum Gasteiger partial charge on any atom is 0.224 e. The molecule has 4 heteroatoms. The number of nitrogens with one attached hydrogen (secondary N) is 1. The minimum absolute atomic E-state index is 0.0514. The molecule has 1 aromatic rings. The molecule has 0 atom stereocenters. The molecule has 0 aliphatic heterocycles. The summed E-state index contributed by atoms with van der Waals surface area (Å²) in [5, 5.41) is 2.51. The molecule has 0 fully saturated rings. The number of nitrogens with zero attached hydrogens (tertiary/aromatic N) is 1. The van der Waals surface area contributed by atoms with Crippen LogP contribution in [0.4, 0.5) is 0 Å². The summed E-state index contributed by atoms with van der Waals surface area (Å²) in [5.41, 5.74) is 0.841. The Hall–Kier alpha value is -1.71. The third-order valence-corrected chi connectivity index (χ3v) is 1.62. The Morgan fingerprint density at radius 1 is 1.50 bits per heavy atom. The molecule has 1 N–H and O–H groups in total. The van der Waals surface area contributed by atoms with Crippen molar-refractivity contribution in [3.8, 4) is 0 Å². The van der Waals surface area contributed by atoms with Crippen molar-refractivity contribution in [2.45, 2.75) is 13.3 Å². The van der Waals surface area contributed by atoms with Gasteiger partial charge in [-0.2, -0.15) is 0 Å². The molecule has 0 aliphatic carbocycles. The Morgan fingerprint density at radius 3 is 2.86 bits per heavy atom. The Kier molecular flexibility index (Phi) is 3.79. The van der Waals surface area contributed by atoms with Gasteiger partial charge in [-0.25, -0.2) is 0 Å². The van der Waals surface area contributed by atoms with Gasteiger partial charge in [0.1, 0.15) is 5.78 Å². The molecule has 1 rings (SSSR count). The van der Waals surface area contributed by atoms with E-state index in [9.17, 15) is 9.59 Å². The lowest BCUT2D eigenvalue weighted by atomic mass is 10.2. The lowest BCUT2D eigenvalue weighted by molar-refractivity contribution is -0.124. The van der Waals surface area contributed by atoms with Crippen molar-refractivity contribution in [1.29, 1.82) is 0 Å². The van der Waals surface area contributed by atoms with Crippen LogP contribution in [0.25, 0.3) is 0 Å². The second-order valence-corrected chi connectivity index (χ2v) is 3.02. The van der Waals surface area contributed by atoms with E-state index in [0.29, 0.717) is 0 Å². The molecule has 0 aromatic carbocycles. The summed E-state index contributed by atoms with van der Waals surface area (Å²) in [6.45, 7) is 1.53. The molecular formula is C10H12N2O2. The molecule has 0 saturated carbocycles. The maximum absolute atomic E-state index is 11.2. The first-order chi connectivity index (χ1) is 6.68. The fourth-order valence-electron chi connectivity index (χ4n) is 0.974. The van der Waals surface area contributed by atoms with Gasteiger partial charge in [-0.15, -0.1) is 0 Å². The zero-order valence-electron chi connectivity index (χ0n) is 7.99. The van der Waals surface area contributed by atoms with E-state index in [4.69, 9.17) is 0 Å². The van der Waals surface area contributed by atoms with Crippen LogP contribution in [0.2, 0.25) is 0 Å². The summed E-state index contributed by atoms with van der Waals surface area (Å²) >= 11 is 0. The molecule has 0 aliphatic rings. The van der Waals surface area contributed by atoms with E-state index in [-0.39, 0.29) is 24.7 Å². The van der Waals surface area contributed by atoms with Crippen molar-refractivity contribution < 1.29 is 9.59 Å². The lowest BCUT2D eigenvalue weighted by Crippen LogP contribution is -2.29. The zero-order valence-corrected chi connectivity index (χ0v) is 7.99. The smallest absolute Gasteiger partial charge is 0.224 e. The predicted molar refractivity (Wildman–Crippen MR) is 51.6 cm³/mol. The van der Waals surface area contributed by atoms with Gasteiger partial charge in [-0.1, -0.05) is 6.07 Å². The highest BCUT2D eigenvalue weighted by atomic mass is 16.2. The third-order valence-electron chi connectivity index (χ3n) is 1.62. The fraction of sp³-hybridized carbons (Fsp3) is 0.300. The SMILES string of the molecule is CC(=O)CNC(=O)Cc1cccnc1. The molecule has 0 spiro atoms. The van der Waals surface area contributed by atoms with E-state index in [0.717, 1.165) is 5.56 Å². The monoisotopic (exact) mass is 192 g/mol. The zero-order chi connectivity index (χ0) is 10.4. The van der Waals surface area contributed by atoms with Crippen LogP contribution in [0.3, 0.4) is 0 Å². The Morgan fingerprint density at radius 2 is 2.29 bits per heavy atom. The van der Waals surface area contributed by atoms with Crippen LogP contribution >= 0.6 is 0 Å². The van der Waals surface area contributed by atoms with Gasteiger partial charge in [0.2, 0.25) is 5.91 Å². The van der Waals surface area contributed by atoms with Crippen molar-refractivity contribution in [2.24, 2.45) is 0 Å². The van der Waals surface area contributed by atoms with E-state index in [1.807, 2.05) is 6.07 Å². The van der Waals surface area contributed by atoms with E-state index in [2.05, 4.69) is 10.3 Å². The van der Waals surface area contributed by atoms with Crippen LogP contribution in [-0.2, 0) is 16.0 Å². The van der Waals surface area contributed by atoms with Gasteiger partial charge < -0.3 is 5.32 Å². The number of ketones is 1. The van der Waals surface area contributed by atoms with Crippen molar-refractivity contribution in [1.82, 2.24) is 10.3 Å². The Balaban J connectivity index is 2.38. The minimum Gasteiger partial charge on any atom is -0.349 e. The van der Waals surface area contributed by atoms with Crippen LogP contribution in [0.5, 0.6) is 0 Å². The van der Waals surface area contributed by atoms with Crippen LogP contribution in [0, 0.1) is 0 Å². The predicted octanol–water partition coefficient (Wildman–Crippen LogP) is 0.329. The molecular weight excluding hydrogens is 180 g/mol. The molecule has 0 radical (unpaired) electrons. The maximum atomic E-state index is 11.2. The van der Waals surface area contributed by atoms with Gasteiger partial charge in [-0.3, -0.25) is 14.6 Å². The van der Waals surface area contributed by atoms with E-state index >= 15 is 0 Å². The van der Waals surface area contributed by atoms with Crippen molar-refractivity contribution >= 4 is 11.7 Å². The number of carbonyl (C=O) groups is 2. The number of carbonyl (C=O) groups excluding carboxylic acids is 2. The minimum atomic E-state index is -0.159. The van der Waals surface area contributed by atoms with Gasteiger partial charge >= 0.3 is 0 Å². The normalized spacial score (nSPS) is 9.50. The summed E-state index contributed by atoms with van der Waals surface area (Å²) < 4.78 is 0. The van der Waals surface area contributed by atoms with E-state index < -0.39 is 0 Å². The highest BCUT2D eigenvalue weighted by Gasteiger charge is 2.03. The van der Waals surface area contributed by atoms with E-state index in [1.54, 1.807) is 18.5 Å². The highest BCUT2D eigenvalue weighted by Crippen LogP contribution is 1.96. The van der Waals surface area contributed by atoms with Gasteiger partial charge in [0.25, 0.3) is 0 Å². The topological polar surface area (TPSA) is 59.1 Å². The quantitative estimate of drug-likeness (QED) is 0.747. The summed E-state index contributed by atoms with van der Waals surface area (Å²) in [6.07, 6.45) is 3.55. The first-order valence-electron chi connectivity index (χ1n) is 4.33. The van der Waals surface area contributed by atoms with Gasteiger partial charge in [0.15, 0.2) is 0 Å². The molecule has 0 saturated heterocycles. The second-order valence-electron chi connectivity index (χ2n) is 3.02. The number of pyridine rings is 1. The lowest BCUT2D eigenvalue weighted by Gasteiger charge is -2.01. The summed E-state index contributed by atoms with van der Waals surface area (Å²) in [6, 6.07) is 3.59. The molecule has 1 heterocycles. The first kappa shape index (κ1) is 10.4. The second kappa shape index (κ2) is 5.11. The highest BCUT2D eigenvalue weighted by molar-refractivity contribution is 5.85. The van der Waals surface area contributed by atoms with Crippen molar-refractivity contribution in [3.63, 3.8) is 0 Å². The fourth-order valence-corrected chi connectivity index (χ4v) is 0.974. The molecule has 1 aromatic heterocycles. The third kappa shape index (κ3) is 3.80. The molecule has 74 valence electrons. The Bertz CT molecular complexity index is 322. The first-order valence-corrected chi connectivity index (χ1v) is 4.33. The van der Waals surface area contributed by atoms with Crippen LogP contribution in [-0.4, -0.2) is 23.2 Å². The summed E-state index contributed by atoms with van der Waals surface area (Å²) in [4.78, 5) is 25.7. The van der Waals surface area contributed by atoms with Crippen LogP contribution in [0.15, 0.2) is 24.5 Å². The molecule has 4 nitrogen and oxygen atoms in total. The summed E-state index contributed by atoms with van der Waals surface area (Å²) in [5.74, 6) is -0.210. The molecule has 14 heavy (non-hydrogen) atoms. The van der Waals surface area contributed by atoms with Crippen LogP contribution < -0.4 is 5.32 Å². The molecule has 0 bridgehead atoms. The van der Waals surface area contributed by atoms with E-state index in [1.165, 1.54) is 6.92 Å². The van der Waals surface area contributed by atoms with Gasteiger partial charge in [0.05, 0.1) is 13.0 Å². The average Bonchev–Trinajstić information content (AvgIpc) is 2.16. The molecule has 1 amide bonds. The summed E-state index contributed by atoms with van der Waals surface area (Å²) in [7, 11) is 0. The molecule has 0 unspecified atom stereocenters.